The van der Waals surface area contributed by atoms with Gasteiger partial charge in [0.15, 0.2) is 6.23 Å². The zero-order valence-corrected chi connectivity index (χ0v) is 19.9. The number of hydrogen-bond donors (Lipinski definition) is 2. The Kier molecular flexibility index (Phi) is 6.54. The molecule has 180 valence electrons. The van der Waals surface area contributed by atoms with Crippen LogP contribution in [0.25, 0.3) is 0 Å². The molecule has 6 nitrogen and oxygen atoms in total. The monoisotopic (exact) mass is 470 g/mol. The van der Waals surface area contributed by atoms with E-state index in [0.717, 1.165) is 28.1 Å². The maximum Gasteiger partial charge on any atom is 0.179 e. The molecule has 0 saturated carbocycles. The summed E-state index contributed by atoms with van der Waals surface area (Å²) in [6, 6.07) is 32.0. The molecule has 0 radical (unpaired) electrons. The minimum atomic E-state index is -1.12. The number of aliphatic hydroxyl groups is 2. The van der Waals surface area contributed by atoms with Crippen molar-refractivity contribution in [3.8, 4) is 0 Å². The van der Waals surface area contributed by atoms with Crippen molar-refractivity contribution in [2.24, 2.45) is 0 Å². The maximum atomic E-state index is 10.9. The molecule has 5 rings (SSSR count). The van der Waals surface area contributed by atoms with Gasteiger partial charge in [-0.2, -0.15) is 5.10 Å². The van der Waals surface area contributed by atoms with Crippen molar-refractivity contribution in [3.63, 3.8) is 0 Å². The van der Waals surface area contributed by atoms with Gasteiger partial charge in [-0.25, -0.2) is 4.68 Å². The highest BCUT2D eigenvalue weighted by Gasteiger charge is 2.46. The van der Waals surface area contributed by atoms with Gasteiger partial charge in [0.05, 0.1) is 12.3 Å². The van der Waals surface area contributed by atoms with Crippen LogP contribution in [0.15, 0.2) is 97.1 Å². The number of ether oxygens (including phenoxy) is 2. The molecule has 3 aromatic carbocycles. The second-order valence-electron chi connectivity index (χ2n) is 9.01. The van der Waals surface area contributed by atoms with Crippen LogP contribution < -0.4 is 0 Å². The minimum Gasteiger partial charge on any atom is -0.387 e. The summed E-state index contributed by atoms with van der Waals surface area (Å²) >= 11 is 0. The maximum absolute atomic E-state index is 10.9. The Labute approximate surface area is 205 Å². The van der Waals surface area contributed by atoms with Crippen molar-refractivity contribution in [3.05, 3.63) is 125 Å². The molecule has 1 saturated heterocycles. The molecule has 1 aromatic heterocycles. The first-order chi connectivity index (χ1) is 17.0. The molecule has 1 fully saturated rings. The van der Waals surface area contributed by atoms with Crippen LogP contribution in [-0.4, -0.2) is 44.9 Å². The van der Waals surface area contributed by atoms with Crippen LogP contribution in [0, 0.1) is 13.8 Å². The highest BCUT2D eigenvalue weighted by Crippen LogP contribution is 2.41. The van der Waals surface area contributed by atoms with E-state index in [9.17, 15) is 10.2 Å². The molecule has 4 atom stereocenters. The molecule has 0 bridgehead atoms. The van der Waals surface area contributed by atoms with Gasteiger partial charge in [-0.3, -0.25) is 0 Å². The van der Waals surface area contributed by atoms with Gasteiger partial charge < -0.3 is 19.7 Å². The highest BCUT2D eigenvalue weighted by atomic mass is 16.6. The molecule has 4 aromatic rings. The topological polar surface area (TPSA) is 76.7 Å². The normalized spacial score (nSPS) is 22.4. The molecule has 2 N–H and O–H groups in total. The number of hydrogen-bond acceptors (Lipinski definition) is 5. The molecule has 0 aliphatic carbocycles. The standard InChI is InChI=1S/C29H30N2O4/c1-20-18-21(2)31(30-20)28-27(33)26(32)25(35-28)19-34-29(22-12-6-3-7-13-22,23-14-8-4-9-15-23)24-16-10-5-11-17-24/h3-18,25-28,32-33H,19H2,1-2H3/t25-,26-,27-,28-/m1/s1. The molecular weight excluding hydrogens is 440 g/mol. The van der Waals surface area contributed by atoms with Crippen molar-refractivity contribution in [1.82, 2.24) is 9.78 Å². The van der Waals surface area contributed by atoms with E-state index in [4.69, 9.17) is 9.47 Å². The SMILES string of the molecule is Cc1cc(C)n([C@@H]2O[C@H](COC(c3ccccc3)(c3ccccc3)c3ccccc3)[C@@H](O)[C@H]2O)n1. The summed E-state index contributed by atoms with van der Waals surface area (Å²) in [6.07, 6.45) is -3.77. The zero-order valence-electron chi connectivity index (χ0n) is 19.9. The molecule has 0 amide bonds. The lowest BCUT2D eigenvalue weighted by Gasteiger charge is -2.37. The van der Waals surface area contributed by atoms with Crippen LogP contribution in [0.2, 0.25) is 0 Å². The quantitative estimate of drug-likeness (QED) is 0.397. The number of aromatic nitrogens is 2. The molecule has 0 unspecified atom stereocenters. The lowest BCUT2D eigenvalue weighted by Crippen LogP contribution is -2.39. The van der Waals surface area contributed by atoms with E-state index < -0.39 is 30.1 Å². The van der Waals surface area contributed by atoms with Crippen molar-refractivity contribution in [1.29, 1.82) is 0 Å². The van der Waals surface area contributed by atoms with Gasteiger partial charge in [0.2, 0.25) is 0 Å². The Balaban J connectivity index is 1.52. The van der Waals surface area contributed by atoms with Gasteiger partial charge in [0.1, 0.15) is 23.9 Å². The van der Waals surface area contributed by atoms with E-state index in [1.165, 1.54) is 0 Å². The Morgan fingerprint density at radius 2 is 1.29 bits per heavy atom. The highest BCUT2D eigenvalue weighted by molar-refractivity contribution is 5.47. The molecule has 35 heavy (non-hydrogen) atoms. The van der Waals surface area contributed by atoms with Crippen molar-refractivity contribution in [2.75, 3.05) is 6.61 Å². The fraction of sp³-hybridized carbons (Fsp3) is 0.276. The molecule has 0 spiro atoms. The van der Waals surface area contributed by atoms with Crippen molar-refractivity contribution < 1.29 is 19.7 Å². The fourth-order valence-electron chi connectivity index (χ4n) is 4.95. The van der Waals surface area contributed by atoms with Crippen LogP contribution in [0.3, 0.4) is 0 Å². The van der Waals surface area contributed by atoms with Gasteiger partial charge in [-0.05, 0) is 36.6 Å². The smallest absolute Gasteiger partial charge is 0.179 e. The van der Waals surface area contributed by atoms with Crippen LogP contribution in [0.1, 0.15) is 34.3 Å². The number of aryl methyl sites for hydroxylation is 2. The third kappa shape index (κ3) is 4.30. The average Bonchev–Trinajstić information content (AvgIpc) is 3.38. The van der Waals surface area contributed by atoms with Gasteiger partial charge in [-0.1, -0.05) is 91.0 Å². The van der Waals surface area contributed by atoms with Crippen LogP contribution in [0.5, 0.6) is 0 Å². The first kappa shape index (κ1) is 23.5. The summed E-state index contributed by atoms with van der Waals surface area (Å²) in [6.45, 7) is 3.85. The number of rotatable bonds is 7. The van der Waals surface area contributed by atoms with E-state index in [0.29, 0.717) is 0 Å². The predicted molar refractivity (Wildman–Crippen MR) is 133 cm³/mol. The second-order valence-corrected chi connectivity index (χ2v) is 9.01. The fourth-order valence-corrected chi connectivity index (χ4v) is 4.95. The molecular formula is C29H30N2O4. The number of nitrogens with zero attached hydrogens (tertiary/aromatic N) is 2. The molecule has 6 heteroatoms. The third-order valence-corrected chi connectivity index (χ3v) is 6.63. The van der Waals surface area contributed by atoms with E-state index in [2.05, 4.69) is 5.10 Å². The van der Waals surface area contributed by atoms with Gasteiger partial charge >= 0.3 is 0 Å². The summed E-state index contributed by atoms with van der Waals surface area (Å²) < 4.78 is 14.6. The van der Waals surface area contributed by atoms with Gasteiger partial charge in [-0.15, -0.1) is 0 Å². The lowest BCUT2D eigenvalue weighted by atomic mass is 9.80. The molecule has 2 heterocycles. The average molecular weight is 471 g/mol. The number of benzene rings is 3. The van der Waals surface area contributed by atoms with Crippen LogP contribution in [-0.2, 0) is 15.1 Å². The Bertz CT molecular complexity index is 1150. The van der Waals surface area contributed by atoms with Crippen LogP contribution in [0.4, 0.5) is 0 Å². The van der Waals surface area contributed by atoms with E-state index in [-0.39, 0.29) is 6.61 Å². The van der Waals surface area contributed by atoms with E-state index in [1.807, 2.05) is 111 Å². The summed E-state index contributed by atoms with van der Waals surface area (Å²) in [4.78, 5) is 0. The van der Waals surface area contributed by atoms with Crippen LogP contribution >= 0.6 is 0 Å². The second kappa shape index (κ2) is 9.76. The molecule has 1 aliphatic rings. The van der Waals surface area contributed by atoms with Crippen molar-refractivity contribution in [2.45, 2.75) is 44.0 Å². The Hall–Kier alpha value is -3.29. The van der Waals surface area contributed by atoms with Gasteiger partial charge in [0.25, 0.3) is 0 Å². The van der Waals surface area contributed by atoms with E-state index >= 15 is 0 Å². The first-order valence-corrected chi connectivity index (χ1v) is 11.9. The largest absolute Gasteiger partial charge is 0.387 e. The van der Waals surface area contributed by atoms with Crippen molar-refractivity contribution >= 4 is 0 Å². The minimum absolute atomic E-state index is 0.0622. The van der Waals surface area contributed by atoms with Gasteiger partial charge in [0, 0.05) is 5.69 Å². The lowest BCUT2D eigenvalue weighted by molar-refractivity contribution is -0.0979. The third-order valence-electron chi connectivity index (χ3n) is 6.63. The summed E-state index contributed by atoms with van der Waals surface area (Å²) in [5.74, 6) is 0. The van der Waals surface area contributed by atoms with E-state index in [1.54, 1.807) is 4.68 Å². The zero-order chi connectivity index (χ0) is 24.4. The summed E-state index contributed by atoms with van der Waals surface area (Å²) in [7, 11) is 0. The Morgan fingerprint density at radius 1 is 0.800 bits per heavy atom. The Morgan fingerprint density at radius 3 is 1.71 bits per heavy atom. The molecule has 1 aliphatic heterocycles. The summed E-state index contributed by atoms with van der Waals surface area (Å²) in [5.41, 5.74) is 3.62. The number of aliphatic hydroxyl groups excluding tert-OH is 2. The summed E-state index contributed by atoms with van der Waals surface area (Å²) in [5, 5.41) is 26.1. The first-order valence-electron chi connectivity index (χ1n) is 11.9. The predicted octanol–water partition coefficient (Wildman–Crippen LogP) is 4.13.